The topological polar surface area (TPSA) is 87.7 Å². The van der Waals surface area contributed by atoms with Crippen LogP contribution in [0, 0.1) is 0 Å². The van der Waals surface area contributed by atoms with E-state index in [1.807, 2.05) is 0 Å². The minimum absolute atomic E-state index is 0.0646. The van der Waals surface area contributed by atoms with Gasteiger partial charge in [0, 0.05) is 25.2 Å². The van der Waals surface area contributed by atoms with Crippen LogP contribution in [0.15, 0.2) is 0 Å². The van der Waals surface area contributed by atoms with E-state index in [1.54, 1.807) is 11.8 Å². The van der Waals surface area contributed by atoms with E-state index in [-0.39, 0.29) is 18.2 Å². The molecule has 0 radical (unpaired) electrons. The number of likely N-dealkylation sites (tertiary alicyclic amines) is 1. The van der Waals surface area contributed by atoms with Crippen LogP contribution in [0.5, 0.6) is 0 Å². The Labute approximate surface area is 137 Å². The third-order valence-corrected chi connectivity index (χ3v) is 4.50. The molecule has 7 heteroatoms. The lowest BCUT2D eigenvalue weighted by Crippen LogP contribution is -2.51. The summed E-state index contributed by atoms with van der Waals surface area (Å²) in [4.78, 5) is 37.2. The van der Waals surface area contributed by atoms with E-state index in [9.17, 15) is 14.4 Å². The highest BCUT2D eigenvalue weighted by molar-refractivity contribution is 6.35. The highest BCUT2D eigenvalue weighted by atomic mass is 16.6. The molecular weight excluding hydrogens is 298 g/mol. The van der Waals surface area contributed by atoms with Crippen LogP contribution in [0.3, 0.4) is 0 Å². The number of carbonyl (C=O) groups is 3. The Bertz CT molecular complexity index is 427. The minimum Gasteiger partial charge on any atom is -0.450 e. The average molecular weight is 325 g/mol. The minimum atomic E-state index is -0.565. The summed E-state index contributed by atoms with van der Waals surface area (Å²) in [7, 11) is 0. The van der Waals surface area contributed by atoms with Crippen LogP contribution in [0.2, 0.25) is 0 Å². The van der Waals surface area contributed by atoms with Gasteiger partial charge in [0.05, 0.1) is 6.61 Å². The van der Waals surface area contributed by atoms with E-state index in [1.165, 1.54) is 6.42 Å². The number of rotatable bonds is 3. The molecule has 2 rings (SSSR count). The van der Waals surface area contributed by atoms with Crippen molar-refractivity contribution in [2.75, 3.05) is 19.7 Å². The second-order valence-corrected chi connectivity index (χ2v) is 6.24. The second kappa shape index (κ2) is 8.74. The lowest BCUT2D eigenvalue weighted by Gasteiger charge is -2.31. The number of piperidine rings is 1. The molecule has 2 N–H and O–H groups in total. The second-order valence-electron chi connectivity index (χ2n) is 6.24. The van der Waals surface area contributed by atoms with Crippen molar-refractivity contribution in [2.45, 2.75) is 64.0 Å². The molecule has 0 atom stereocenters. The molecule has 1 aliphatic heterocycles. The van der Waals surface area contributed by atoms with Gasteiger partial charge in [-0.3, -0.25) is 9.59 Å². The SMILES string of the molecule is CCOC(=O)N1CCC(NC(=O)C(=O)NC2CCCCC2)CC1. The number of hydrogen-bond acceptors (Lipinski definition) is 4. The van der Waals surface area contributed by atoms with Gasteiger partial charge in [0.15, 0.2) is 0 Å². The van der Waals surface area contributed by atoms with Crippen LogP contribution in [-0.2, 0) is 14.3 Å². The Morgan fingerprint density at radius 2 is 1.43 bits per heavy atom. The first-order valence-corrected chi connectivity index (χ1v) is 8.63. The fourth-order valence-electron chi connectivity index (χ4n) is 3.17. The molecule has 0 aromatic carbocycles. The summed E-state index contributed by atoms with van der Waals surface area (Å²) in [6, 6.07) is 0.0675. The fraction of sp³-hybridized carbons (Fsp3) is 0.812. The highest BCUT2D eigenvalue weighted by Gasteiger charge is 2.27. The molecule has 7 nitrogen and oxygen atoms in total. The smallest absolute Gasteiger partial charge is 0.409 e. The Hall–Kier alpha value is -1.79. The number of ether oxygens (including phenoxy) is 1. The summed E-state index contributed by atoms with van der Waals surface area (Å²) in [5, 5.41) is 5.59. The van der Waals surface area contributed by atoms with Crippen LogP contribution in [0.1, 0.15) is 51.9 Å². The molecule has 1 aliphatic carbocycles. The molecule has 0 bridgehead atoms. The van der Waals surface area contributed by atoms with Gasteiger partial charge in [0.25, 0.3) is 0 Å². The number of amides is 3. The summed E-state index contributed by atoms with van der Waals surface area (Å²) >= 11 is 0. The van der Waals surface area contributed by atoms with Crippen LogP contribution >= 0.6 is 0 Å². The quantitative estimate of drug-likeness (QED) is 0.763. The molecule has 2 aliphatic rings. The first-order chi connectivity index (χ1) is 11.1. The predicted octanol–water partition coefficient (Wildman–Crippen LogP) is 1.17. The first kappa shape index (κ1) is 17.6. The molecule has 2 fully saturated rings. The van der Waals surface area contributed by atoms with Crippen molar-refractivity contribution in [1.29, 1.82) is 0 Å². The number of nitrogens with one attached hydrogen (secondary N) is 2. The van der Waals surface area contributed by atoms with E-state index in [0.717, 1.165) is 25.7 Å². The van der Waals surface area contributed by atoms with Gasteiger partial charge >= 0.3 is 17.9 Å². The Morgan fingerprint density at radius 3 is 1.96 bits per heavy atom. The molecule has 3 amide bonds. The lowest BCUT2D eigenvalue weighted by atomic mass is 9.95. The van der Waals surface area contributed by atoms with E-state index in [4.69, 9.17) is 4.74 Å². The van der Waals surface area contributed by atoms with Crippen molar-refractivity contribution < 1.29 is 19.1 Å². The molecule has 23 heavy (non-hydrogen) atoms. The van der Waals surface area contributed by atoms with Crippen LogP contribution < -0.4 is 10.6 Å². The highest BCUT2D eigenvalue weighted by Crippen LogP contribution is 2.17. The Balaban J connectivity index is 1.69. The third-order valence-electron chi connectivity index (χ3n) is 4.50. The van der Waals surface area contributed by atoms with E-state index in [0.29, 0.717) is 32.5 Å². The molecule has 0 aromatic heterocycles. The van der Waals surface area contributed by atoms with Gasteiger partial charge in [-0.15, -0.1) is 0 Å². The normalized spacial score (nSPS) is 20.0. The monoisotopic (exact) mass is 325 g/mol. The van der Waals surface area contributed by atoms with Gasteiger partial charge < -0.3 is 20.3 Å². The van der Waals surface area contributed by atoms with Crippen LogP contribution in [0.25, 0.3) is 0 Å². The van der Waals surface area contributed by atoms with Gasteiger partial charge in [0.1, 0.15) is 0 Å². The predicted molar refractivity (Wildman–Crippen MR) is 84.8 cm³/mol. The van der Waals surface area contributed by atoms with Crippen molar-refractivity contribution in [3.05, 3.63) is 0 Å². The Kier molecular flexibility index (Phi) is 6.67. The van der Waals surface area contributed by atoms with Crippen molar-refractivity contribution in [3.8, 4) is 0 Å². The van der Waals surface area contributed by atoms with Crippen LogP contribution in [0.4, 0.5) is 4.79 Å². The number of carbonyl (C=O) groups excluding carboxylic acids is 3. The average Bonchev–Trinajstić information content (AvgIpc) is 2.56. The van der Waals surface area contributed by atoms with Gasteiger partial charge in [-0.05, 0) is 32.6 Å². The molecule has 0 spiro atoms. The number of hydrogen-bond donors (Lipinski definition) is 2. The molecule has 1 saturated heterocycles. The maximum absolute atomic E-state index is 12.0. The van der Waals surface area contributed by atoms with Gasteiger partial charge in [-0.25, -0.2) is 4.79 Å². The van der Waals surface area contributed by atoms with Gasteiger partial charge in [-0.1, -0.05) is 19.3 Å². The zero-order valence-corrected chi connectivity index (χ0v) is 13.8. The van der Waals surface area contributed by atoms with Crippen LogP contribution in [-0.4, -0.2) is 54.6 Å². The van der Waals surface area contributed by atoms with Crippen molar-refractivity contribution >= 4 is 17.9 Å². The maximum atomic E-state index is 12.0. The first-order valence-electron chi connectivity index (χ1n) is 8.63. The molecule has 0 unspecified atom stereocenters. The fourth-order valence-corrected chi connectivity index (χ4v) is 3.17. The molecular formula is C16H27N3O4. The molecule has 130 valence electrons. The number of nitrogens with zero attached hydrogens (tertiary/aromatic N) is 1. The summed E-state index contributed by atoms with van der Waals surface area (Å²) < 4.78 is 4.96. The molecule has 0 aromatic rings. The molecule has 1 saturated carbocycles. The summed E-state index contributed by atoms with van der Waals surface area (Å²) in [6.07, 6.45) is 6.30. The summed E-state index contributed by atoms with van der Waals surface area (Å²) in [5.41, 5.74) is 0. The van der Waals surface area contributed by atoms with Crippen molar-refractivity contribution in [1.82, 2.24) is 15.5 Å². The largest absolute Gasteiger partial charge is 0.450 e. The maximum Gasteiger partial charge on any atom is 0.409 e. The van der Waals surface area contributed by atoms with Gasteiger partial charge in [-0.2, -0.15) is 0 Å². The zero-order valence-electron chi connectivity index (χ0n) is 13.8. The zero-order chi connectivity index (χ0) is 16.7. The molecule has 1 heterocycles. The Morgan fingerprint density at radius 1 is 0.913 bits per heavy atom. The van der Waals surface area contributed by atoms with Gasteiger partial charge in [0.2, 0.25) is 0 Å². The van der Waals surface area contributed by atoms with Crippen molar-refractivity contribution in [2.24, 2.45) is 0 Å². The third kappa shape index (κ3) is 5.41. The van der Waals surface area contributed by atoms with E-state index in [2.05, 4.69) is 10.6 Å². The summed E-state index contributed by atoms with van der Waals surface area (Å²) in [6.45, 7) is 3.20. The standard InChI is InChI=1S/C16H27N3O4/c1-2-23-16(22)19-10-8-13(9-11-19)18-15(21)14(20)17-12-6-4-3-5-7-12/h12-13H,2-11H2,1H3,(H,17,20)(H,18,21). The summed E-state index contributed by atoms with van der Waals surface area (Å²) in [5.74, 6) is -1.10. The van der Waals surface area contributed by atoms with Crippen molar-refractivity contribution in [3.63, 3.8) is 0 Å². The van der Waals surface area contributed by atoms with E-state index < -0.39 is 11.8 Å². The van der Waals surface area contributed by atoms with E-state index >= 15 is 0 Å². The lowest BCUT2D eigenvalue weighted by molar-refractivity contribution is -0.140.